The van der Waals surface area contributed by atoms with Gasteiger partial charge in [0.05, 0.1) is 34.2 Å². The Morgan fingerprint density at radius 2 is 1.00 bits per heavy atom. The van der Waals surface area contributed by atoms with E-state index in [2.05, 4.69) is 6.92 Å². The molecule has 29 heavy (non-hydrogen) atoms. The molecule has 0 aliphatic rings. The van der Waals surface area contributed by atoms with Crippen molar-refractivity contribution in [2.45, 2.75) is 111 Å². The fourth-order valence-electron chi connectivity index (χ4n) is 2.95. The predicted octanol–water partition coefficient (Wildman–Crippen LogP) is 0.177. The minimum absolute atomic E-state index is 0. The van der Waals surface area contributed by atoms with Crippen LogP contribution in [0.5, 0.6) is 0 Å². The van der Waals surface area contributed by atoms with Gasteiger partial charge in [0, 0.05) is 0 Å². The quantitative estimate of drug-likeness (QED) is 0.259. The lowest BCUT2D eigenvalue weighted by atomic mass is 9.99. The molecule has 0 saturated carbocycles. The molecule has 0 amide bonds. The number of halogens is 1. The smallest absolute Gasteiger partial charge is 0.0671 e. The maximum absolute atomic E-state index is 10.8. The number of rotatable bonds is 15. The molecule has 0 radical (unpaired) electrons. The van der Waals surface area contributed by atoms with Crippen LogP contribution in [0.1, 0.15) is 111 Å². The summed E-state index contributed by atoms with van der Waals surface area (Å²) in [5, 5.41) is 14.8. The van der Waals surface area contributed by atoms with Crippen LogP contribution in [0.3, 0.4) is 0 Å². The highest BCUT2D eigenvalue weighted by Crippen LogP contribution is 2.18. The van der Waals surface area contributed by atoms with Gasteiger partial charge in [-0.15, -0.1) is 0 Å². The Bertz CT molecular complexity index is 346. The number of unbranched alkanes of at least 4 members (excludes halogenated alkanes) is 11. The van der Waals surface area contributed by atoms with E-state index >= 15 is 0 Å². The molecule has 0 aliphatic carbocycles. The Morgan fingerprint density at radius 1 is 0.690 bits per heavy atom. The van der Waals surface area contributed by atoms with E-state index in [-0.39, 0.29) is 17.0 Å². The third-order valence-corrected chi connectivity index (χ3v) is 4.60. The number of hydrogen-bond acceptors (Lipinski definition) is 2. The highest BCUT2D eigenvalue weighted by molar-refractivity contribution is 5.84. The van der Waals surface area contributed by atoms with Crippen molar-refractivity contribution in [2.24, 2.45) is 0 Å². The monoisotopic (exact) mass is 480 g/mol. The van der Waals surface area contributed by atoms with Gasteiger partial charge in [-0.3, -0.25) is 0 Å². The van der Waals surface area contributed by atoms with E-state index in [9.17, 15) is 9.90 Å². The number of aliphatic carboxylic acids is 1. The first-order chi connectivity index (χ1) is 13.5. The van der Waals surface area contributed by atoms with Gasteiger partial charge in [-0.2, -0.15) is 0 Å². The summed E-state index contributed by atoms with van der Waals surface area (Å²) >= 11 is 0. The lowest BCUT2D eigenvalue weighted by Crippen LogP contribution is -3.00. The molecule has 0 atom stereocenters. The number of hydrogen-bond donors (Lipinski definition) is 2. The van der Waals surface area contributed by atoms with Crippen molar-refractivity contribution >= 4 is 5.97 Å². The summed E-state index contributed by atoms with van der Waals surface area (Å²) in [4.78, 5) is 10.8. The highest BCUT2D eigenvalue weighted by atomic mass is 79.9. The van der Waals surface area contributed by atoms with E-state index in [0.717, 1.165) is 24.8 Å². The van der Waals surface area contributed by atoms with Gasteiger partial charge in [-0.05, 0) is 31.8 Å². The molecule has 0 aromatic heterocycles. The van der Waals surface area contributed by atoms with Crippen molar-refractivity contribution in [1.82, 2.24) is 0 Å². The van der Waals surface area contributed by atoms with Crippen LogP contribution >= 0.6 is 0 Å². The van der Waals surface area contributed by atoms with Crippen molar-refractivity contribution in [3.8, 4) is 0 Å². The largest absolute Gasteiger partial charge is 1.00 e. The maximum atomic E-state index is 10.8. The molecule has 0 saturated heterocycles. The van der Waals surface area contributed by atoms with E-state index in [1.807, 2.05) is 45.7 Å². The normalized spacial score (nSPS) is 10.6. The third kappa shape index (κ3) is 32.5. The van der Waals surface area contributed by atoms with Gasteiger partial charge in [0.15, 0.2) is 0 Å². The van der Waals surface area contributed by atoms with Crippen molar-refractivity contribution in [1.29, 1.82) is 0 Å². The van der Waals surface area contributed by atoms with Crippen LogP contribution in [0.25, 0.3) is 0 Å². The van der Waals surface area contributed by atoms with Crippen LogP contribution in [0.15, 0.2) is 11.1 Å². The minimum atomic E-state index is -1.00. The first-order valence-electron chi connectivity index (χ1n) is 11.8. The highest BCUT2D eigenvalue weighted by Gasteiger charge is 2.01. The summed E-state index contributed by atoms with van der Waals surface area (Å²) in [7, 11) is 8.00. The molecule has 0 aliphatic heterocycles. The second-order valence-corrected chi connectivity index (χ2v) is 7.66. The summed E-state index contributed by atoms with van der Waals surface area (Å²) in [6.07, 6.45) is 17.8. The number of carbonyl (C=O) groups is 1. The van der Waals surface area contributed by atoms with Crippen LogP contribution < -0.4 is 32.7 Å². The van der Waals surface area contributed by atoms with Gasteiger partial charge in [-0.1, -0.05) is 90.0 Å². The summed E-state index contributed by atoms with van der Waals surface area (Å²) in [6, 6.07) is 0. The van der Waals surface area contributed by atoms with E-state index in [1.54, 1.807) is 6.92 Å². The first kappa shape index (κ1) is 36.0. The summed E-state index contributed by atoms with van der Waals surface area (Å²) in [6.45, 7) is 5.97. The average Bonchev–Trinajstić information content (AvgIpc) is 2.66. The number of nitrogens with two attached hydrogens (primary N) is 2. The molecule has 0 bridgehead atoms. The van der Waals surface area contributed by atoms with Gasteiger partial charge < -0.3 is 37.5 Å². The fraction of sp³-hybridized carbons (Fsp3) is 0.875. The van der Waals surface area contributed by atoms with Crippen molar-refractivity contribution in [3.63, 3.8) is 0 Å². The van der Waals surface area contributed by atoms with Gasteiger partial charge >= 0.3 is 0 Å². The van der Waals surface area contributed by atoms with Gasteiger partial charge in [0.2, 0.25) is 0 Å². The molecule has 0 aromatic rings. The van der Waals surface area contributed by atoms with Crippen molar-refractivity contribution < 1.29 is 37.5 Å². The Kier molecular flexibility index (Phi) is 40.1. The molecular formula is C24H53BrN2O2. The first-order valence-corrected chi connectivity index (χ1v) is 11.8. The minimum Gasteiger partial charge on any atom is -1.00 e. The number of quaternary nitrogens is 2. The van der Waals surface area contributed by atoms with Crippen LogP contribution in [-0.2, 0) is 4.79 Å². The SMILES string of the molecule is CCCCCCCCCCCCCCC(CC)=C(C)C(=O)[O-].C[NH2+]C.C[NH2+]C.[Br-]. The molecular weight excluding hydrogens is 428 g/mol. The van der Waals surface area contributed by atoms with E-state index in [1.165, 1.54) is 70.6 Å². The molecule has 0 heterocycles. The van der Waals surface area contributed by atoms with Crippen molar-refractivity contribution in [2.75, 3.05) is 28.2 Å². The fourth-order valence-corrected chi connectivity index (χ4v) is 2.95. The molecule has 0 aromatic carbocycles. The Hall–Kier alpha value is -0.390. The lowest BCUT2D eigenvalue weighted by Gasteiger charge is -2.11. The number of carboxylic acid groups (broad SMARTS) is 1. The molecule has 4 nitrogen and oxygen atoms in total. The molecule has 0 spiro atoms. The van der Waals surface area contributed by atoms with Gasteiger partial charge in [0.1, 0.15) is 0 Å². The zero-order chi connectivity index (χ0) is 22.0. The number of allylic oxidation sites excluding steroid dienone is 1. The molecule has 4 N–H and O–H groups in total. The van der Waals surface area contributed by atoms with Crippen molar-refractivity contribution in [3.05, 3.63) is 11.1 Å². The number of carboxylic acids is 1. The van der Waals surface area contributed by atoms with E-state index < -0.39 is 5.97 Å². The second kappa shape index (κ2) is 32.3. The number of carbonyl (C=O) groups excluding carboxylic acids is 1. The topological polar surface area (TPSA) is 73.3 Å². The standard InChI is InChI=1S/C20H38O2.2C2H7N.BrH/c1-4-6-7-8-9-10-11-12-13-14-15-16-17-19(5-2)18(3)20(21)22;2*1-3-2;/h4-17H2,1-3H3,(H,21,22);2*3H,1-2H3;1H. The van der Waals surface area contributed by atoms with Crippen LogP contribution in [-0.4, -0.2) is 34.2 Å². The summed E-state index contributed by atoms with van der Waals surface area (Å²) in [5.74, 6) is -1.00. The Morgan fingerprint density at radius 3 is 1.28 bits per heavy atom. The van der Waals surface area contributed by atoms with E-state index in [0.29, 0.717) is 5.57 Å². The zero-order valence-electron chi connectivity index (χ0n) is 20.7. The zero-order valence-corrected chi connectivity index (χ0v) is 22.3. The molecule has 5 heteroatoms. The van der Waals surface area contributed by atoms with Gasteiger partial charge in [-0.25, -0.2) is 0 Å². The molecule has 0 unspecified atom stereocenters. The van der Waals surface area contributed by atoms with Crippen LogP contribution in [0, 0.1) is 0 Å². The maximum Gasteiger partial charge on any atom is 0.0671 e. The molecule has 0 fully saturated rings. The van der Waals surface area contributed by atoms with Crippen LogP contribution in [0.2, 0.25) is 0 Å². The average molecular weight is 482 g/mol. The Labute approximate surface area is 193 Å². The third-order valence-electron chi connectivity index (χ3n) is 4.60. The van der Waals surface area contributed by atoms with E-state index in [4.69, 9.17) is 0 Å². The lowest BCUT2D eigenvalue weighted by molar-refractivity contribution is -0.597. The summed E-state index contributed by atoms with van der Waals surface area (Å²) < 4.78 is 0. The predicted molar refractivity (Wildman–Crippen MR) is 121 cm³/mol. The summed E-state index contributed by atoms with van der Waals surface area (Å²) in [5.41, 5.74) is 1.51. The molecule has 178 valence electrons. The Balaban J connectivity index is -0.000000394. The molecule has 0 rings (SSSR count). The second-order valence-electron chi connectivity index (χ2n) is 7.66. The van der Waals surface area contributed by atoms with Gasteiger partial charge in [0.25, 0.3) is 0 Å². The van der Waals surface area contributed by atoms with Crippen LogP contribution in [0.4, 0.5) is 0 Å².